The van der Waals surface area contributed by atoms with Crippen molar-refractivity contribution in [3.63, 3.8) is 0 Å². The summed E-state index contributed by atoms with van der Waals surface area (Å²) in [6.07, 6.45) is 3.41. The van der Waals surface area contributed by atoms with E-state index in [4.69, 9.17) is 15.1 Å². The monoisotopic (exact) mass is 269 g/mol. The summed E-state index contributed by atoms with van der Waals surface area (Å²) in [5, 5.41) is 16.1. The zero-order valence-electron chi connectivity index (χ0n) is 11.4. The molecule has 0 radical (unpaired) electrons. The van der Waals surface area contributed by atoms with Crippen LogP contribution in [0.3, 0.4) is 0 Å². The lowest BCUT2D eigenvalue weighted by Gasteiger charge is -2.29. The van der Waals surface area contributed by atoms with Gasteiger partial charge in [-0.05, 0) is 45.4 Å². The Morgan fingerprint density at radius 3 is 2.67 bits per heavy atom. The number of hydrogen-bond acceptors (Lipinski definition) is 4. The molecule has 1 aliphatic rings. The fourth-order valence-corrected chi connectivity index (χ4v) is 1.80. The van der Waals surface area contributed by atoms with Gasteiger partial charge in [0.15, 0.2) is 0 Å². The van der Waals surface area contributed by atoms with Gasteiger partial charge >= 0.3 is 7.12 Å². The molecule has 18 heavy (non-hydrogen) atoms. The van der Waals surface area contributed by atoms with E-state index in [9.17, 15) is 0 Å². The summed E-state index contributed by atoms with van der Waals surface area (Å²) in [6.45, 7) is 8.07. The minimum Gasteiger partial charge on any atom is -0.522 e. The van der Waals surface area contributed by atoms with Gasteiger partial charge in [0.05, 0.1) is 22.5 Å². The standard InChI is InChI=1S/C12H21BN2O2S/c1-8(2)12(3,4)17-13(16)9-6-5-7-10(15-18)11(9)14/h6,8,14,16,18H,5,7H2,1-4H3/p+1. The van der Waals surface area contributed by atoms with Gasteiger partial charge in [0.1, 0.15) is 0 Å². The number of nitrogens with one attached hydrogen (secondary N) is 1. The van der Waals surface area contributed by atoms with E-state index >= 15 is 0 Å². The number of rotatable bonds is 4. The second-order valence-corrected chi connectivity index (χ2v) is 5.58. The van der Waals surface area contributed by atoms with Crippen LogP contribution < -0.4 is 0 Å². The Hall–Kier alpha value is -0.585. The van der Waals surface area contributed by atoms with Crippen LogP contribution in [0.4, 0.5) is 0 Å². The van der Waals surface area contributed by atoms with Gasteiger partial charge in [-0.15, -0.1) is 0 Å². The van der Waals surface area contributed by atoms with Crippen molar-refractivity contribution >= 4 is 31.4 Å². The minimum atomic E-state index is -0.833. The first-order valence-corrected chi connectivity index (χ1v) is 6.58. The Morgan fingerprint density at radius 2 is 2.17 bits per heavy atom. The van der Waals surface area contributed by atoms with Crippen LogP contribution in [0.5, 0.6) is 0 Å². The van der Waals surface area contributed by atoms with Crippen molar-refractivity contribution in [1.82, 2.24) is 0 Å². The van der Waals surface area contributed by atoms with Crippen molar-refractivity contribution in [3.8, 4) is 0 Å². The van der Waals surface area contributed by atoms with E-state index in [2.05, 4.69) is 31.1 Å². The maximum atomic E-state index is 8.10. The molecule has 0 amide bonds. The highest BCUT2D eigenvalue weighted by molar-refractivity contribution is 7.79. The molecular formula is C12H22BN2O2S+. The number of thiol groups is 1. The van der Waals surface area contributed by atoms with Crippen molar-refractivity contribution in [1.29, 1.82) is 5.41 Å². The van der Waals surface area contributed by atoms with Crippen LogP contribution in [0.2, 0.25) is 0 Å². The predicted octanol–water partition coefficient (Wildman–Crippen LogP) is 2.22. The second-order valence-electron chi connectivity index (χ2n) is 5.38. The maximum Gasteiger partial charge on any atom is 0.732 e. The summed E-state index contributed by atoms with van der Waals surface area (Å²) in [6, 6.07) is 0. The molecule has 0 bridgehead atoms. The molecule has 0 aromatic carbocycles. The Morgan fingerprint density at radius 1 is 1.56 bits per heavy atom. The molecule has 0 saturated carbocycles. The molecule has 0 unspecified atom stereocenters. The molecule has 1 aliphatic carbocycles. The first-order chi connectivity index (χ1) is 8.29. The lowest BCUT2D eigenvalue weighted by molar-refractivity contribution is 0.0412. The molecule has 100 valence electrons. The second kappa shape index (κ2) is 6.04. The van der Waals surface area contributed by atoms with Crippen LogP contribution >= 0.6 is 12.8 Å². The van der Waals surface area contributed by atoms with Gasteiger partial charge in [0, 0.05) is 0 Å². The van der Waals surface area contributed by atoms with E-state index in [0.717, 1.165) is 6.42 Å². The molecule has 4 nitrogen and oxygen atoms in total. The maximum absolute atomic E-state index is 8.10. The molecule has 0 aliphatic heterocycles. The number of allylic oxidation sites excluding steroid dienone is 2. The van der Waals surface area contributed by atoms with Crippen molar-refractivity contribution in [2.45, 2.75) is 46.1 Å². The molecule has 1 rings (SSSR count). The summed E-state index contributed by atoms with van der Waals surface area (Å²) < 4.78 is 9.58. The average Bonchev–Trinajstić information content (AvgIpc) is 2.28. The quantitative estimate of drug-likeness (QED) is 0.458. The van der Waals surface area contributed by atoms with Crippen LogP contribution in [-0.2, 0) is 4.65 Å². The fourth-order valence-electron chi connectivity index (χ4n) is 1.60. The number of nitrogens with zero attached hydrogens (tertiary/aromatic N) is 1. The Kier molecular flexibility index (Phi) is 5.19. The SMILES string of the molecule is CC(C)C(C)(C)OB([OH2+])C1=CCCC(=NS)C1=N. The molecule has 0 fully saturated rings. The summed E-state index contributed by atoms with van der Waals surface area (Å²) in [5.74, 6) is 0.307. The van der Waals surface area contributed by atoms with Crippen molar-refractivity contribution in [3.05, 3.63) is 11.5 Å². The van der Waals surface area contributed by atoms with E-state index in [1.165, 1.54) is 0 Å². The van der Waals surface area contributed by atoms with E-state index < -0.39 is 7.12 Å². The summed E-state index contributed by atoms with van der Waals surface area (Å²) in [7, 11) is -0.833. The van der Waals surface area contributed by atoms with Gasteiger partial charge < -0.3 is 9.68 Å². The van der Waals surface area contributed by atoms with Gasteiger partial charge in [-0.3, -0.25) is 5.41 Å². The third kappa shape index (κ3) is 3.46. The molecule has 0 atom stereocenters. The fraction of sp³-hybridized carbons (Fsp3) is 0.667. The molecule has 0 aromatic rings. The van der Waals surface area contributed by atoms with Crippen LogP contribution in [0, 0.1) is 11.3 Å². The van der Waals surface area contributed by atoms with Crippen LogP contribution in [0.1, 0.15) is 40.5 Å². The molecule has 0 spiro atoms. The lowest BCUT2D eigenvalue weighted by atomic mass is 9.70. The van der Waals surface area contributed by atoms with E-state index in [0.29, 0.717) is 23.5 Å². The first kappa shape index (κ1) is 15.5. The largest absolute Gasteiger partial charge is 0.732 e. The van der Waals surface area contributed by atoms with E-state index in [1.54, 1.807) is 0 Å². The van der Waals surface area contributed by atoms with Crippen LogP contribution in [-0.4, -0.2) is 29.2 Å². The van der Waals surface area contributed by atoms with E-state index in [1.807, 2.05) is 19.9 Å². The van der Waals surface area contributed by atoms with Gasteiger partial charge in [-0.2, -0.15) is 0 Å². The summed E-state index contributed by atoms with van der Waals surface area (Å²) >= 11 is 3.87. The highest BCUT2D eigenvalue weighted by Gasteiger charge is 2.42. The molecule has 6 heteroatoms. The molecular weight excluding hydrogens is 247 g/mol. The molecule has 0 heterocycles. The Bertz CT molecular complexity index is 392. The van der Waals surface area contributed by atoms with Crippen LogP contribution in [0.15, 0.2) is 15.9 Å². The summed E-state index contributed by atoms with van der Waals surface area (Å²) in [5.41, 5.74) is 1.14. The Balaban J connectivity index is 2.82. The smallest absolute Gasteiger partial charge is 0.522 e. The zero-order chi connectivity index (χ0) is 13.9. The predicted molar refractivity (Wildman–Crippen MR) is 80.8 cm³/mol. The van der Waals surface area contributed by atoms with Gasteiger partial charge in [0.25, 0.3) is 0 Å². The topological polar surface area (TPSA) is 68.3 Å². The van der Waals surface area contributed by atoms with Crippen LogP contribution in [0.25, 0.3) is 0 Å². The average molecular weight is 269 g/mol. The van der Waals surface area contributed by atoms with Gasteiger partial charge in [-0.25, -0.2) is 4.40 Å². The van der Waals surface area contributed by atoms with Crippen molar-refractivity contribution < 1.29 is 9.68 Å². The van der Waals surface area contributed by atoms with Crippen molar-refractivity contribution in [2.24, 2.45) is 10.3 Å². The van der Waals surface area contributed by atoms with E-state index in [-0.39, 0.29) is 11.3 Å². The molecule has 3 N–H and O–H groups in total. The normalized spacial score (nSPS) is 19.4. The molecule has 0 saturated heterocycles. The zero-order valence-corrected chi connectivity index (χ0v) is 12.3. The third-order valence-electron chi connectivity index (χ3n) is 3.54. The molecule has 0 aromatic heterocycles. The lowest BCUT2D eigenvalue weighted by Crippen LogP contribution is -2.42. The Labute approximate surface area is 115 Å². The van der Waals surface area contributed by atoms with Crippen molar-refractivity contribution in [2.75, 3.05) is 0 Å². The minimum absolute atomic E-state index is 0.288. The highest BCUT2D eigenvalue weighted by atomic mass is 32.1. The summed E-state index contributed by atoms with van der Waals surface area (Å²) in [4.78, 5) is 0. The first-order valence-electron chi connectivity index (χ1n) is 6.18. The van der Waals surface area contributed by atoms with Gasteiger partial charge in [0.2, 0.25) is 0 Å². The van der Waals surface area contributed by atoms with Gasteiger partial charge in [-0.1, -0.05) is 19.9 Å². The third-order valence-corrected chi connectivity index (χ3v) is 3.78. The highest BCUT2D eigenvalue weighted by Crippen LogP contribution is 2.24. The number of hydrogen-bond donors (Lipinski definition) is 2.